The van der Waals surface area contributed by atoms with Gasteiger partial charge in [0.15, 0.2) is 0 Å². The molecule has 0 aromatic carbocycles. The molecule has 3 nitrogen and oxygen atoms in total. The van der Waals surface area contributed by atoms with Crippen LogP contribution in [-0.4, -0.2) is 11.2 Å². The van der Waals surface area contributed by atoms with Gasteiger partial charge in [-0.05, 0) is 12.0 Å². The average Bonchev–Trinajstić information content (AvgIpc) is 2.03. The van der Waals surface area contributed by atoms with E-state index in [0.717, 1.165) is 5.69 Å². The molecule has 0 atom stereocenters. The second kappa shape index (κ2) is 3.85. The summed E-state index contributed by atoms with van der Waals surface area (Å²) in [6, 6.07) is 1.80. The molecule has 1 aromatic heterocycles. The Kier molecular flexibility index (Phi) is 2.80. The molecule has 3 heteroatoms. The minimum Gasteiger partial charge on any atom is -0.396 e. The van der Waals surface area contributed by atoms with E-state index in [1.165, 1.54) is 0 Å². The van der Waals surface area contributed by atoms with Crippen LogP contribution in [0.4, 0.5) is 11.4 Å². The summed E-state index contributed by atoms with van der Waals surface area (Å²) in [5, 5.41) is 0. The summed E-state index contributed by atoms with van der Waals surface area (Å²) >= 11 is 0. The van der Waals surface area contributed by atoms with Crippen LogP contribution in [-0.2, 0) is 0 Å². The number of hydrogen-bond acceptors (Lipinski definition) is 3. The monoisotopic (exact) mass is 163 g/mol. The van der Waals surface area contributed by atoms with Crippen LogP contribution in [0.25, 0.3) is 0 Å². The van der Waals surface area contributed by atoms with Gasteiger partial charge in [0.1, 0.15) is 0 Å². The zero-order valence-corrected chi connectivity index (χ0v) is 7.36. The molecule has 0 aliphatic rings. The number of rotatable bonds is 2. The topological polar surface area (TPSA) is 51.3 Å². The highest BCUT2D eigenvalue weighted by molar-refractivity contribution is 5.70. The molecule has 0 radical (unpaired) electrons. The smallest absolute Gasteiger partial charge is 0.0886 e. The van der Waals surface area contributed by atoms with Gasteiger partial charge < -0.3 is 5.73 Å². The maximum absolute atomic E-state index is 5.63. The Morgan fingerprint density at radius 2 is 2.33 bits per heavy atom. The summed E-state index contributed by atoms with van der Waals surface area (Å²) in [4.78, 5) is 8.09. The number of aliphatic imine (C=N–C) groups is 1. The Morgan fingerprint density at radius 1 is 1.58 bits per heavy atom. The van der Waals surface area contributed by atoms with Crippen LogP contribution < -0.4 is 5.73 Å². The van der Waals surface area contributed by atoms with E-state index in [0.29, 0.717) is 11.6 Å². The van der Waals surface area contributed by atoms with Crippen LogP contribution in [0.5, 0.6) is 0 Å². The lowest BCUT2D eigenvalue weighted by Crippen LogP contribution is -1.89. The zero-order chi connectivity index (χ0) is 8.97. The standard InChI is InChI=1S/C9H13N3/c1-7(2)5-12-9-3-4-11-6-8(9)10/h3-7H,10H2,1-2H3. The number of anilines is 1. The third-order valence-electron chi connectivity index (χ3n) is 1.34. The Balaban J connectivity index is 2.82. The van der Waals surface area contributed by atoms with Gasteiger partial charge in [0.05, 0.1) is 17.6 Å². The van der Waals surface area contributed by atoms with E-state index in [2.05, 4.69) is 23.8 Å². The van der Waals surface area contributed by atoms with Gasteiger partial charge in [0.2, 0.25) is 0 Å². The van der Waals surface area contributed by atoms with E-state index < -0.39 is 0 Å². The SMILES string of the molecule is CC(C)C=Nc1ccncc1N. The molecule has 1 heterocycles. The molecule has 0 spiro atoms. The third-order valence-corrected chi connectivity index (χ3v) is 1.34. The van der Waals surface area contributed by atoms with Crippen LogP contribution in [0.2, 0.25) is 0 Å². The number of hydrogen-bond donors (Lipinski definition) is 1. The molecular weight excluding hydrogens is 150 g/mol. The molecule has 0 saturated carbocycles. The lowest BCUT2D eigenvalue weighted by atomic mass is 10.2. The number of nitrogen functional groups attached to an aromatic ring is 1. The molecule has 12 heavy (non-hydrogen) atoms. The predicted molar refractivity (Wildman–Crippen MR) is 51.6 cm³/mol. The fraction of sp³-hybridized carbons (Fsp3) is 0.333. The molecule has 0 saturated heterocycles. The Labute approximate surface area is 72.3 Å². The molecule has 0 bridgehead atoms. The first kappa shape index (κ1) is 8.71. The van der Waals surface area contributed by atoms with Crippen LogP contribution in [0, 0.1) is 5.92 Å². The van der Waals surface area contributed by atoms with Crippen LogP contribution >= 0.6 is 0 Å². The normalized spacial score (nSPS) is 11.2. The average molecular weight is 163 g/mol. The van der Waals surface area contributed by atoms with Gasteiger partial charge in [-0.2, -0.15) is 0 Å². The number of nitrogens with two attached hydrogens (primary N) is 1. The van der Waals surface area contributed by atoms with Crippen LogP contribution in [0.1, 0.15) is 13.8 Å². The molecule has 0 aliphatic carbocycles. The number of aromatic nitrogens is 1. The number of nitrogens with zero attached hydrogens (tertiary/aromatic N) is 2. The van der Waals surface area contributed by atoms with Gasteiger partial charge in [-0.25, -0.2) is 0 Å². The molecule has 0 fully saturated rings. The van der Waals surface area contributed by atoms with Gasteiger partial charge >= 0.3 is 0 Å². The molecule has 0 aliphatic heterocycles. The van der Waals surface area contributed by atoms with Crippen molar-refractivity contribution >= 4 is 17.6 Å². The van der Waals surface area contributed by atoms with Crippen molar-refractivity contribution < 1.29 is 0 Å². The Hall–Kier alpha value is -1.38. The van der Waals surface area contributed by atoms with Crippen LogP contribution in [0.15, 0.2) is 23.5 Å². The summed E-state index contributed by atoms with van der Waals surface area (Å²) in [5.41, 5.74) is 7.04. The first-order valence-corrected chi connectivity index (χ1v) is 3.94. The highest BCUT2D eigenvalue weighted by Gasteiger charge is 1.93. The van der Waals surface area contributed by atoms with Crippen molar-refractivity contribution in [1.82, 2.24) is 4.98 Å². The van der Waals surface area contributed by atoms with Crippen molar-refractivity contribution in [2.24, 2.45) is 10.9 Å². The lowest BCUT2D eigenvalue weighted by Gasteiger charge is -1.98. The predicted octanol–water partition coefficient (Wildman–Crippen LogP) is 2.02. The van der Waals surface area contributed by atoms with Crippen molar-refractivity contribution in [2.75, 3.05) is 5.73 Å². The maximum atomic E-state index is 5.63. The van der Waals surface area contributed by atoms with Gasteiger partial charge in [-0.1, -0.05) is 13.8 Å². The van der Waals surface area contributed by atoms with E-state index in [1.54, 1.807) is 18.5 Å². The van der Waals surface area contributed by atoms with E-state index in [-0.39, 0.29) is 0 Å². The molecule has 1 aromatic rings. The van der Waals surface area contributed by atoms with Gasteiger partial charge in [0.25, 0.3) is 0 Å². The summed E-state index contributed by atoms with van der Waals surface area (Å²) in [5.74, 6) is 0.442. The quantitative estimate of drug-likeness (QED) is 0.678. The molecule has 1 rings (SSSR count). The molecule has 0 unspecified atom stereocenters. The van der Waals surface area contributed by atoms with Crippen LogP contribution in [0.3, 0.4) is 0 Å². The first-order chi connectivity index (χ1) is 5.70. The van der Waals surface area contributed by atoms with E-state index in [4.69, 9.17) is 5.73 Å². The highest BCUT2D eigenvalue weighted by atomic mass is 14.8. The highest BCUT2D eigenvalue weighted by Crippen LogP contribution is 2.18. The van der Waals surface area contributed by atoms with Crippen molar-refractivity contribution in [3.63, 3.8) is 0 Å². The van der Waals surface area contributed by atoms with Crippen molar-refractivity contribution in [3.05, 3.63) is 18.5 Å². The van der Waals surface area contributed by atoms with Crippen molar-refractivity contribution in [3.8, 4) is 0 Å². The maximum Gasteiger partial charge on any atom is 0.0886 e. The fourth-order valence-electron chi connectivity index (χ4n) is 0.746. The van der Waals surface area contributed by atoms with E-state index >= 15 is 0 Å². The second-order valence-electron chi connectivity index (χ2n) is 2.96. The second-order valence-corrected chi connectivity index (χ2v) is 2.96. The van der Waals surface area contributed by atoms with Gasteiger partial charge in [-0.3, -0.25) is 9.98 Å². The summed E-state index contributed by atoms with van der Waals surface area (Å²) in [6.07, 6.45) is 5.15. The largest absolute Gasteiger partial charge is 0.396 e. The third kappa shape index (κ3) is 2.34. The summed E-state index contributed by atoms with van der Waals surface area (Å²) in [7, 11) is 0. The summed E-state index contributed by atoms with van der Waals surface area (Å²) in [6.45, 7) is 4.14. The van der Waals surface area contributed by atoms with E-state index in [1.807, 2.05) is 6.21 Å². The number of pyridine rings is 1. The Bertz CT molecular complexity index is 279. The first-order valence-electron chi connectivity index (χ1n) is 3.94. The van der Waals surface area contributed by atoms with E-state index in [9.17, 15) is 0 Å². The van der Waals surface area contributed by atoms with Crippen molar-refractivity contribution in [2.45, 2.75) is 13.8 Å². The van der Waals surface area contributed by atoms with Gasteiger partial charge in [-0.15, -0.1) is 0 Å². The molecule has 2 N–H and O–H groups in total. The molecule has 0 amide bonds. The Morgan fingerprint density at radius 3 is 2.92 bits per heavy atom. The van der Waals surface area contributed by atoms with Gasteiger partial charge in [0, 0.05) is 12.4 Å². The molecule has 64 valence electrons. The molecular formula is C9H13N3. The van der Waals surface area contributed by atoms with Crippen molar-refractivity contribution in [1.29, 1.82) is 0 Å². The summed E-state index contributed by atoms with van der Waals surface area (Å²) < 4.78 is 0. The minimum absolute atomic E-state index is 0.442. The zero-order valence-electron chi connectivity index (χ0n) is 7.36. The lowest BCUT2D eigenvalue weighted by molar-refractivity contribution is 0.907. The fourth-order valence-corrected chi connectivity index (χ4v) is 0.746. The minimum atomic E-state index is 0.442.